The van der Waals surface area contributed by atoms with Gasteiger partial charge in [0.1, 0.15) is 11.0 Å². The van der Waals surface area contributed by atoms with E-state index in [1.54, 1.807) is 30.3 Å². The van der Waals surface area contributed by atoms with Crippen molar-refractivity contribution in [1.82, 2.24) is 0 Å². The number of rotatable bonds is 1. The molecule has 2 saturated heterocycles. The summed E-state index contributed by atoms with van der Waals surface area (Å²) in [6.07, 6.45) is 0.157. The number of Topliss-reactive ketones (excluding diaryl/α,β-unsaturated/α-hetero) is 1. The Balaban J connectivity index is 1.81. The SMILES string of the molecule is O=C1C[C@H]2S(=O)C1[C@@H](c1cccc(Cl)c1)[C@]21C(=O)Nc2cc(Cl)ccc21. The summed E-state index contributed by atoms with van der Waals surface area (Å²) in [7, 11) is -1.42. The molecule has 1 amide bonds. The molecule has 1 N–H and O–H groups in total. The number of halogens is 2. The molecule has 3 aliphatic heterocycles. The monoisotopic (exact) mass is 405 g/mol. The van der Waals surface area contributed by atoms with Crippen LogP contribution in [0.25, 0.3) is 0 Å². The predicted octanol–water partition coefficient (Wildman–Crippen LogP) is 3.44. The third-order valence-corrected chi connectivity index (χ3v) is 8.40. The van der Waals surface area contributed by atoms with Gasteiger partial charge in [-0.1, -0.05) is 41.4 Å². The molecule has 0 saturated carbocycles. The van der Waals surface area contributed by atoms with Crippen LogP contribution in [0.1, 0.15) is 23.5 Å². The van der Waals surface area contributed by atoms with Crippen molar-refractivity contribution in [3.05, 3.63) is 63.6 Å². The molecule has 0 radical (unpaired) electrons. The van der Waals surface area contributed by atoms with E-state index in [0.29, 0.717) is 15.7 Å². The average molecular weight is 406 g/mol. The Labute approximate surface area is 162 Å². The highest BCUT2D eigenvalue weighted by atomic mass is 35.5. The van der Waals surface area contributed by atoms with E-state index in [2.05, 4.69) is 5.32 Å². The van der Waals surface area contributed by atoms with Crippen LogP contribution >= 0.6 is 23.2 Å². The largest absolute Gasteiger partial charge is 0.325 e. The molecule has 1 spiro atoms. The minimum Gasteiger partial charge on any atom is -0.325 e. The number of hydrogen-bond donors (Lipinski definition) is 1. The van der Waals surface area contributed by atoms with Gasteiger partial charge in [0.25, 0.3) is 0 Å². The molecule has 4 nitrogen and oxygen atoms in total. The van der Waals surface area contributed by atoms with Crippen molar-refractivity contribution in [2.45, 2.75) is 28.3 Å². The second-order valence-corrected chi connectivity index (χ2v) is 9.56. The molecule has 5 atom stereocenters. The standard InChI is InChI=1S/C19H13Cl2NO3S/c20-10-3-1-2-9(6-10)16-17-14(23)8-15(26(17)25)19(16)12-5-4-11(21)7-13(12)22-18(19)24/h1-7,15-17H,8H2,(H,22,24)/t15-,16-,17?,19-,26?/m1/s1. The van der Waals surface area contributed by atoms with Crippen LogP contribution < -0.4 is 5.32 Å². The Morgan fingerprint density at radius 2 is 1.85 bits per heavy atom. The van der Waals surface area contributed by atoms with Gasteiger partial charge in [0.05, 0.1) is 10.7 Å². The molecule has 2 aromatic carbocycles. The van der Waals surface area contributed by atoms with Crippen LogP contribution in [0.3, 0.4) is 0 Å². The number of ketones is 1. The summed E-state index contributed by atoms with van der Waals surface area (Å²) in [5.41, 5.74) is 1.13. The first-order valence-electron chi connectivity index (χ1n) is 8.23. The molecule has 3 aliphatic rings. The number of nitrogens with one attached hydrogen (secondary N) is 1. The molecular formula is C19H13Cl2NO3S. The first-order valence-corrected chi connectivity index (χ1v) is 10.3. The van der Waals surface area contributed by atoms with Crippen molar-refractivity contribution in [2.24, 2.45) is 0 Å². The molecule has 26 heavy (non-hydrogen) atoms. The zero-order valence-corrected chi connectivity index (χ0v) is 15.7. The second kappa shape index (κ2) is 5.41. The molecule has 2 unspecified atom stereocenters. The van der Waals surface area contributed by atoms with Crippen molar-refractivity contribution >= 4 is 51.4 Å². The Kier molecular flexibility index (Phi) is 3.43. The first-order chi connectivity index (χ1) is 12.4. The maximum Gasteiger partial charge on any atom is 0.237 e. The van der Waals surface area contributed by atoms with Gasteiger partial charge in [-0.15, -0.1) is 0 Å². The fraction of sp³-hybridized carbons (Fsp3) is 0.263. The van der Waals surface area contributed by atoms with Crippen molar-refractivity contribution < 1.29 is 13.8 Å². The normalized spacial score (nSPS) is 34.4. The minimum atomic E-state index is -1.42. The summed E-state index contributed by atoms with van der Waals surface area (Å²) in [6, 6.07) is 12.4. The fourth-order valence-electron chi connectivity index (χ4n) is 4.89. The number of anilines is 1. The van der Waals surface area contributed by atoms with Crippen LogP contribution in [0, 0.1) is 0 Å². The number of carbonyl (C=O) groups excluding carboxylic acids is 2. The maximum atomic E-state index is 13.2. The molecule has 2 aromatic rings. The number of fused-ring (bicyclic) bond motifs is 5. The summed E-state index contributed by atoms with van der Waals surface area (Å²) in [5, 5.41) is 2.71. The minimum absolute atomic E-state index is 0.0425. The van der Waals surface area contributed by atoms with E-state index >= 15 is 0 Å². The molecule has 0 aliphatic carbocycles. The zero-order chi connectivity index (χ0) is 18.2. The molecule has 2 bridgehead atoms. The lowest BCUT2D eigenvalue weighted by atomic mass is 9.60. The maximum absolute atomic E-state index is 13.2. The van der Waals surface area contributed by atoms with Gasteiger partial charge in [-0.3, -0.25) is 13.8 Å². The van der Waals surface area contributed by atoms with E-state index in [1.165, 1.54) is 0 Å². The quantitative estimate of drug-likeness (QED) is 0.789. The molecule has 5 rings (SSSR count). The molecule has 7 heteroatoms. The van der Waals surface area contributed by atoms with E-state index in [9.17, 15) is 13.8 Å². The highest BCUT2D eigenvalue weighted by Crippen LogP contribution is 2.62. The topological polar surface area (TPSA) is 63.2 Å². The lowest BCUT2D eigenvalue weighted by molar-refractivity contribution is -0.125. The molecular weight excluding hydrogens is 393 g/mol. The van der Waals surface area contributed by atoms with Gasteiger partial charge >= 0.3 is 0 Å². The highest BCUT2D eigenvalue weighted by Gasteiger charge is 2.72. The first kappa shape index (κ1) is 16.5. The van der Waals surface area contributed by atoms with Crippen LogP contribution in [0.15, 0.2) is 42.5 Å². The number of amides is 1. The summed E-state index contributed by atoms with van der Waals surface area (Å²) < 4.78 is 13.1. The molecule has 0 aromatic heterocycles. The van der Waals surface area contributed by atoms with Gasteiger partial charge in [0.15, 0.2) is 0 Å². The van der Waals surface area contributed by atoms with E-state index in [-0.39, 0.29) is 18.1 Å². The van der Waals surface area contributed by atoms with Crippen molar-refractivity contribution in [2.75, 3.05) is 5.32 Å². The molecule has 3 heterocycles. The summed E-state index contributed by atoms with van der Waals surface area (Å²) in [4.78, 5) is 25.8. The zero-order valence-electron chi connectivity index (χ0n) is 13.4. The predicted molar refractivity (Wildman–Crippen MR) is 101 cm³/mol. The van der Waals surface area contributed by atoms with Crippen LogP contribution in [0.2, 0.25) is 10.0 Å². The van der Waals surface area contributed by atoms with Crippen LogP contribution in [0.5, 0.6) is 0 Å². The van der Waals surface area contributed by atoms with E-state index in [0.717, 1.165) is 11.1 Å². The third kappa shape index (κ3) is 1.89. The summed E-state index contributed by atoms with van der Waals surface area (Å²) in [5.74, 6) is -0.761. The molecule has 132 valence electrons. The number of hydrogen-bond acceptors (Lipinski definition) is 3. The van der Waals surface area contributed by atoms with Gasteiger partial charge in [-0.2, -0.15) is 0 Å². The van der Waals surface area contributed by atoms with Crippen LogP contribution in [0.4, 0.5) is 5.69 Å². The van der Waals surface area contributed by atoms with E-state index in [1.807, 2.05) is 12.1 Å². The Hall–Kier alpha value is -1.69. The number of benzene rings is 2. The van der Waals surface area contributed by atoms with Gasteiger partial charge < -0.3 is 5.32 Å². The third-order valence-electron chi connectivity index (χ3n) is 5.79. The van der Waals surface area contributed by atoms with E-state index in [4.69, 9.17) is 23.2 Å². The summed E-state index contributed by atoms with van der Waals surface area (Å²) in [6.45, 7) is 0. The lowest BCUT2D eigenvalue weighted by Crippen LogP contribution is -2.50. The second-order valence-electron chi connectivity index (χ2n) is 6.95. The highest BCUT2D eigenvalue weighted by molar-refractivity contribution is 7.88. The summed E-state index contributed by atoms with van der Waals surface area (Å²) >= 11 is 12.3. The Morgan fingerprint density at radius 3 is 2.62 bits per heavy atom. The van der Waals surface area contributed by atoms with Crippen molar-refractivity contribution in [3.63, 3.8) is 0 Å². The smallest absolute Gasteiger partial charge is 0.237 e. The van der Waals surface area contributed by atoms with Gasteiger partial charge in [-0.05, 0) is 35.4 Å². The van der Waals surface area contributed by atoms with E-state index < -0.39 is 32.6 Å². The van der Waals surface area contributed by atoms with Crippen LogP contribution in [-0.4, -0.2) is 26.4 Å². The van der Waals surface area contributed by atoms with Crippen molar-refractivity contribution in [3.8, 4) is 0 Å². The average Bonchev–Trinajstić information content (AvgIpc) is 3.13. The van der Waals surface area contributed by atoms with Crippen LogP contribution in [-0.2, 0) is 25.8 Å². The molecule has 2 fully saturated rings. The Bertz CT molecular complexity index is 1020. The Morgan fingerprint density at radius 1 is 1.08 bits per heavy atom. The van der Waals surface area contributed by atoms with Gasteiger partial charge in [0, 0.05) is 38.9 Å². The van der Waals surface area contributed by atoms with Crippen molar-refractivity contribution in [1.29, 1.82) is 0 Å². The van der Waals surface area contributed by atoms with Gasteiger partial charge in [0.2, 0.25) is 5.91 Å². The van der Waals surface area contributed by atoms with Gasteiger partial charge in [-0.25, -0.2) is 0 Å². The fourth-order valence-corrected chi connectivity index (χ4v) is 7.68. The number of carbonyl (C=O) groups is 2. The lowest BCUT2D eigenvalue weighted by Gasteiger charge is -2.37.